The lowest BCUT2D eigenvalue weighted by Crippen LogP contribution is -2.31. The van der Waals surface area contributed by atoms with Crippen molar-refractivity contribution in [2.45, 2.75) is 39.7 Å². The van der Waals surface area contributed by atoms with E-state index in [2.05, 4.69) is 62.1 Å². The number of benzene rings is 2. The minimum atomic E-state index is 0.511. The molecule has 2 heteroatoms. The number of unbranched alkanes of at least 4 members (excludes halogenated alkanes) is 1. The molecule has 0 aliphatic carbocycles. The van der Waals surface area contributed by atoms with Crippen LogP contribution in [0.4, 0.5) is 5.69 Å². The van der Waals surface area contributed by atoms with Gasteiger partial charge >= 0.3 is 0 Å². The predicted molar refractivity (Wildman–Crippen MR) is 94.3 cm³/mol. The number of halogens is 1. The molecule has 0 saturated heterocycles. The molecule has 0 saturated carbocycles. The van der Waals surface area contributed by atoms with E-state index in [1.165, 1.54) is 29.7 Å². The third-order valence-corrected chi connectivity index (χ3v) is 3.98. The van der Waals surface area contributed by atoms with E-state index in [1.807, 2.05) is 12.1 Å². The fourth-order valence-electron chi connectivity index (χ4n) is 2.52. The first kappa shape index (κ1) is 15.9. The summed E-state index contributed by atoms with van der Waals surface area (Å²) in [6, 6.07) is 17.3. The van der Waals surface area contributed by atoms with E-state index in [0.717, 1.165) is 11.6 Å². The average Bonchev–Trinajstić information content (AvgIpc) is 2.48. The second-order valence-corrected chi connectivity index (χ2v) is 6.13. The molecule has 112 valence electrons. The molecular formula is C19H24ClN. The van der Waals surface area contributed by atoms with Gasteiger partial charge in [0.2, 0.25) is 0 Å². The number of hydrogen-bond donors (Lipinski definition) is 0. The first-order valence-electron chi connectivity index (χ1n) is 7.74. The third kappa shape index (κ3) is 4.25. The Morgan fingerprint density at radius 1 is 1.00 bits per heavy atom. The fourth-order valence-corrected chi connectivity index (χ4v) is 2.65. The van der Waals surface area contributed by atoms with Crippen LogP contribution in [0.15, 0.2) is 48.5 Å². The Morgan fingerprint density at radius 2 is 1.71 bits per heavy atom. The van der Waals surface area contributed by atoms with Crippen molar-refractivity contribution in [3.63, 3.8) is 0 Å². The molecule has 0 aliphatic heterocycles. The Hall–Kier alpha value is -1.47. The zero-order valence-corrected chi connectivity index (χ0v) is 13.9. The Bertz CT molecular complexity index is 560. The average molecular weight is 302 g/mol. The summed E-state index contributed by atoms with van der Waals surface area (Å²) in [5.41, 5.74) is 3.75. The molecule has 0 bridgehead atoms. The minimum Gasteiger partial charge on any atom is -0.369 e. The van der Waals surface area contributed by atoms with Crippen molar-refractivity contribution in [2.75, 3.05) is 11.4 Å². The van der Waals surface area contributed by atoms with Crippen LogP contribution >= 0.6 is 11.6 Å². The van der Waals surface area contributed by atoms with Crippen molar-refractivity contribution >= 4 is 17.3 Å². The molecule has 2 aromatic carbocycles. The topological polar surface area (TPSA) is 3.24 Å². The maximum absolute atomic E-state index is 5.97. The van der Waals surface area contributed by atoms with E-state index >= 15 is 0 Å². The van der Waals surface area contributed by atoms with E-state index in [1.54, 1.807) is 0 Å². The van der Waals surface area contributed by atoms with Gasteiger partial charge < -0.3 is 4.90 Å². The second kappa shape index (κ2) is 7.51. The highest BCUT2D eigenvalue weighted by molar-refractivity contribution is 6.30. The van der Waals surface area contributed by atoms with Gasteiger partial charge in [0.15, 0.2) is 0 Å². The summed E-state index contributed by atoms with van der Waals surface area (Å²) >= 11 is 5.97. The summed E-state index contributed by atoms with van der Waals surface area (Å²) in [6.07, 6.45) is 2.45. The maximum Gasteiger partial charge on any atom is 0.0406 e. The molecule has 0 radical (unpaired) electrons. The summed E-state index contributed by atoms with van der Waals surface area (Å²) in [5, 5.41) is 0.779. The zero-order valence-electron chi connectivity index (χ0n) is 13.1. The highest BCUT2D eigenvalue weighted by Gasteiger charge is 2.10. The highest BCUT2D eigenvalue weighted by Crippen LogP contribution is 2.27. The molecule has 1 nitrogen and oxygen atoms in total. The van der Waals surface area contributed by atoms with Gasteiger partial charge in [0.05, 0.1) is 0 Å². The van der Waals surface area contributed by atoms with Gasteiger partial charge in [0.25, 0.3) is 0 Å². The number of anilines is 1. The molecule has 0 unspecified atom stereocenters. The Kier molecular flexibility index (Phi) is 5.69. The molecule has 0 fully saturated rings. The summed E-state index contributed by atoms with van der Waals surface area (Å²) in [5.74, 6) is 0. The minimum absolute atomic E-state index is 0.511. The summed E-state index contributed by atoms with van der Waals surface area (Å²) in [4.78, 5) is 2.48. The van der Waals surface area contributed by atoms with Crippen molar-refractivity contribution in [3.05, 3.63) is 53.6 Å². The van der Waals surface area contributed by atoms with Crippen LogP contribution in [0.2, 0.25) is 5.02 Å². The standard InChI is InChI=1S/C19H24ClN/c1-4-5-13-21(15(2)3)19-8-6-7-17(14-19)16-9-11-18(20)12-10-16/h6-12,14-15H,4-5,13H2,1-3H3. The van der Waals surface area contributed by atoms with Crippen LogP contribution in [0.25, 0.3) is 11.1 Å². The molecule has 0 atom stereocenters. The molecular weight excluding hydrogens is 278 g/mol. The van der Waals surface area contributed by atoms with Crippen molar-refractivity contribution < 1.29 is 0 Å². The lowest BCUT2D eigenvalue weighted by atomic mass is 10.0. The van der Waals surface area contributed by atoms with Gasteiger partial charge in [-0.25, -0.2) is 0 Å². The normalized spacial score (nSPS) is 10.9. The van der Waals surface area contributed by atoms with Crippen LogP contribution in [0.1, 0.15) is 33.6 Å². The predicted octanol–water partition coefficient (Wildman–Crippen LogP) is 6.02. The monoisotopic (exact) mass is 301 g/mol. The van der Waals surface area contributed by atoms with Crippen LogP contribution in [-0.4, -0.2) is 12.6 Å². The fraction of sp³-hybridized carbons (Fsp3) is 0.368. The van der Waals surface area contributed by atoms with Gasteiger partial charge in [-0.2, -0.15) is 0 Å². The van der Waals surface area contributed by atoms with Gasteiger partial charge in [0, 0.05) is 23.3 Å². The third-order valence-electron chi connectivity index (χ3n) is 3.73. The highest BCUT2D eigenvalue weighted by atomic mass is 35.5. The first-order valence-corrected chi connectivity index (χ1v) is 8.12. The van der Waals surface area contributed by atoms with Crippen LogP contribution in [0.5, 0.6) is 0 Å². The maximum atomic E-state index is 5.97. The van der Waals surface area contributed by atoms with E-state index < -0.39 is 0 Å². The quantitative estimate of drug-likeness (QED) is 0.630. The number of nitrogens with zero attached hydrogens (tertiary/aromatic N) is 1. The van der Waals surface area contributed by atoms with Crippen molar-refractivity contribution in [1.82, 2.24) is 0 Å². The zero-order chi connectivity index (χ0) is 15.2. The summed E-state index contributed by atoms with van der Waals surface area (Å²) in [6.45, 7) is 7.86. The summed E-state index contributed by atoms with van der Waals surface area (Å²) < 4.78 is 0. The van der Waals surface area contributed by atoms with Gasteiger partial charge in [0.1, 0.15) is 0 Å². The van der Waals surface area contributed by atoms with E-state index in [9.17, 15) is 0 Å². The Balaban J connectivity index is 2.29. The van der Waals surface area contributed by atoms with Crippen molar-refractivity contribution in [2.24, 2.45) is 0 Å². The van der Waals surface area contributed by atoms with Gasteiger partial charge in [-0.1, -0.05) is 49.2 Å². The Labute approximate surface area is 133 Å². The van der Waals surface area contributed by atoms with Crippen LogP contribution in [0.3, 0.4) is 0 Å². The molecule has 2 rings (SSSR count). The first-order chi connectivity index (χ1) is 10.1. The second-order valence-electron chi connectivity index (χ2n) is 5.70. The molecule has 0 amide bonds. The molecule has 0 N–H and O–H groups in total. The van der Waals surface area contributed by atoms with Crippen molar-refractivity contribution in [1.29, 1.82) is 0 Å². The van der Waals surface area contributed by atoms with Crippen LogP contribution < -0.4 is 4.90 Å². The molecule has 0 heterocycles. The largest absolute Gasteiger partial charge is 0.369 e. The van der Waals surface area contributed by atoms with E-state index in [0.29, 0.717) is 6.04 Å². The summed E-state index contributed by atoms with van der Waals surface area (Å²) in [7, 11) is 0. The number of hydrogen-bond acceptors (Lipinski definition) is 1. The molecule has 0 aromatic heterocycles. The SMILES string of the molecule is CCCCN(c1cccc(-c2ccc(Cl)cc2)c1)C(C)C. The van der Waals surface area contributed by atoms with Gasteiger partial charge in [-0.3, -0.25) is 0 Å². The Morgan fingerprint density at radius 3 is 2.33 bits per heavy atom. The smallest absolute Gasteiger partial charge is 0.0406 e. The number of rotatable bonds is 6. The van der Waals surface area contributed by atoms with Gasteiger partial charge in [-0.05, 0) is 55.7 Å². The van der Waals surface area contributed by atoms with E-state index in [4.69, 9.17) is 11.6 Å². The van der Waals surface area contributed by atoms with E-state index in [-0.39, 0.29) is 0 Å². The molecule has 2 aromatic rings. The van der Waals surface area contributed by atoms with Crippen LogP contribution in [0, 0.1) is 0 Å². The van der Waals surface area contributed by atoms with Crippen LogP contribution in [-0.2, 0) is 0 Å². The lowest BCUT2D eigenvalue weighted by molar-refractivity contribution is 0.646. The molecule has 0 aliphatic rings. The van der Waals surface area contributed by atoms with Gasteiger partial charge in [-0.15, -0.1) is 0 Å². The lowest BCUT2D eigenvalue weighted by Gasteiger charge is -2.29. The molecule has 21 heavy (non-hydrogen) atoms. The molecule has 0 spiro atoms. The van der Waals surface area contributed by atoms with Crippen molar-refractivity contribution in [3.8, 4) is 11.1 Å².